The van der Waals surface area contributed by atoms with Gasteiger partial charge in [0.25, 0.3) is 0 Å². The first kappa shape index (κ1) is 78.0. The molecule has 20 heteroatoms. The van der Waals surface area contributed by atoms with Crippen molar-refractivity contribution < 1.29 is 39.0 Å². The second-order valence-corrected chi connectivity index (χ2v) is 33.2. The summed E-state index contributed by atoms with van der Waals surface area (Å²) in [5.41, 5.74) is 25.5. The van der Waals surface area contributed by atoms with E-state index in [2.05, 4.69) is 144 Å². The van der Waals surface area contributed by atoms with Gasteiger partial charge in [-0.3, -0.25) is 9.20 Å². The number of phenols is 2. The number of rotatable bonds is 16. The van der Waals surface area contributed by atoms with Gasteiger partial charge in [-0.15, -0.1) is 0 Å². The number of hydrogen-bond acceptors (Lipinski definition) is 16. The number of carbonyl (C=O) groups excluding carboxylic acids is 1. The predicted molar refractivity (Wildman–Crippen MR) is 446 cm³/mol. The lowest BCUT2D eigenvalue weighted by Gasteiger charge is -2.36. The summed E-state index contributed by atoms with van der Waals surface area (Å²) < 4.78 is 18.7. The summed E-state index contributed by atoms with van der Waals surface area (Å²) in [5.74, 6) is 2.90. The number of benzene rings is 11. The molecular weight excluding hydrogens is 1440 g/mol. The molecule has 549 valence electrons. The number of aromatic nitrogens is 7. The Balaban J connectivity index is 0.000000142. The number of carbonyl (C=O) groups is 1. The molecule has 15 aromatic rings. The first-order valence-electron chi connectivity index (χ1n) is 35.6. The van der Waals surface area contributed by atoms with Crippen LogP contribution < -0.4 is 20.5 Å². The molecule has 0 spiro atoms. The van der Waals surface area contributed by atoms with Crippen LogP contribution in [0, 0.1) is 13.8 Å². The smallest absolute Gasteiger partial charge is 0.544 e. The van der Waals surface area contributed by atoms with Gasteiger partial charge in [0.15, 0.2) is 17.2 Å². The molecular formula is C89H86BBrN9O8Si. The minimum absolute atomic E-state index is 0.0394. The van der Waals surface area contributed by atoms with E-state index >= 15 is 0 Å². The highest BCUT2D eigenvalue weighted by atomic mass is 79.9. The number of nitrogens with zero attached hydrogens (tertiary/aromatic N) is 7. The quantitative estimate of drug-likeness (QED) is 0.0491. The Bertz CT molecular complexity index is 5610. The van der Waals surface area contributed by atoms with Gasteiger partial charge < -0.3 is 45.6 Å². The number of imidazole rings is 1. The lowest BCUT2D eigenvalue weighted by Crippen LogP contribution is -2.43. The van der Waals surface area contributed by atoms with Gasteiger partial charge in [-0.2, -0.15) is 0 Å². The molecule has 0 bridgehead atoms. The Morgan fingerprint density at radius 3 is 1.50 bits per heavy atom. The third kappa shape index (κ3) is 20.4. The Kier molecular flexibility index (Phi) is 25.4. The molecule has 17 nitrogen and oxygen atoms in total. The number of Topliss-reactive ketones (excluding diaryl/α,β-unsaturated/α-hetero) is 1. The topological polar surface area (TPSA) is 259 Å². The zero-order chi connectivity index (χ0) is 77.4. The number of hydrogen-bond donors (Lipinski definition) is 6. The van der Waals surface area contributed by atoms with Gasteiger partial charge in [-0.1, -0.05) is 208 Å². The van der Waals surface area contributed by atoms with E-state index in [0.717, 1.165) is 88.7 Å². The van der Waals surface area contributed by atoms with E-state index in [-0.39, 0.29) is 34.3 Å². The molecule has 1 radical (unpaired) electrons. The van der Waals surface area contributed by atoms with Crippen LogP contribution in [0.5, 0.6) is 28.9 Å². The van der Waals surface area contributed by atoms with Gasteiger partial charge in [0.05, 0.1) is 29.5 Å². The minimum Gasteiger partial charge on any atom is -0.544 e. The van der Waals surface area contributed by atoms with Crippen molar-refractivity contribution in [3.63, 3.8) is 0 Å². The monoisotopic (exact) mass is 1530 g/mol. The Morgan fingerprint density at radius 2 is 0.972 bits per heavy atom. The number of fused-ring (bicyclic) bond motifs is 4. The van der Waals surface area contributed by atoms with Crippen molar-refractivity contribution in [1.82, 2.24) is 34.3 Å². The van der Waals surface area contributed by atoms with Crippen molar-refractivity contribution in [2.24, 2.45) is 0 Å². The lowest BCUT2D eigenvalue weighted by molar-refractivity contribution is -0.128. The third-order valence-electron chi connectivity index (χ3n) is 18.7. The van der Waals surface area contributed by atoms with E-state index in [0.29, 0.717) is 71.9 Å². The number of nitrogens with two attached hydrogens (primary N) is 2. The van der Waals surface area contributed by atoms with E-state index in [9.17, 15) is 20.1 Å². The number of aryl methyl sites for hydroxylation is 2. The summed E-state index contributed by atoms with van der Waals surface area (Å²) in [4.78, 5) is 39.2. The molecule has 4 heterocycles. The standard InChI is InChI=1S/C29H21N3O3.C21H17N3.C18H30O3Si.C11H10BrN3.C10H8BO2/c33-23-11-5-18(6-12-23)15-25-29(35)32-17-26(20-9-13-24(34)14-10-20)30-27(28(32)31-25)22-8-7-19-3-1-2-4-21(19)16-22;1-14-6-8-16(9-7-14)19-13-23-21(22)20(24-19)18-11-10-15-4-2-3-5-17(15)12-18;1-8-20-14(2)17(19)13-15-9-11-16(12-10-15)21-22(6,7)18(3,4)5;1-7-2-4-8(5-3-7)9-6-14-11(13)10(12)15-9;12-11-13-10-6-5-8-3-1-2-4-9(8)7-10/h1-14,16-17,33-35H,15H2;2-13H,1H3,(H2,22,23);9-12,14H,8,13H2,1-7H3;2-6H,1H3,(H2,13,14);1-7,12H. The SMILES string of the molecule is CCOC(C)C(=O)Cc1ccc(O[Si](C)(C)C(C)(C)C)cc1.Cc1ccc(-c2cnc(N)c(-c3ccc4ccccc4c3)n2)cc1.Cc1ccc(-c2cnc(N)c(Br)n2)cc1.O[B]Oc1ccc2ccccc2c1.Oc1ccc(Cc2nc3c(-c4ccc5ccccc5c4)nc(-c4ccc(O)cc4)cn3c2O)cc1. The highest BCUT2D eigenvalue weighted by molar-refractivity contribution is 9.10. The highest BCUT2D eigenvalue weighted by Crippen LogP contribution is 2.39. The van der Waals surface area contributed by atoms with Crippen LogP contribution in [0.4, 0.5) is 11.6 Å². The van der Waals surface area contributed by atoms with Crippen LogP contribution in [0.3, 0.4) is 0 Å². The van der Waals surface area contributed by atoms with Crippen molar-refractivity contribution in [2.75, 3.05) is 18.1 Å². The fraction of sp³-hybridized carbons (Fsp3) is 0.157. The molecule has 0 aliphatic carbocycles. The summed E-state index contributed by atoms with van der Waals surface area (Å²) in [5, 5.41) is 45.9. The Labute approximate surface area is 645 Å². The fourth-order valence-electron chi connectivity index (χ4n) is 11.5. The summed E-state index contributed by atoms with van der Waals surface area (Å²) in [6.07, 6.45) is 5.62. The predicted octanol–water partition coefficient (Wildman–Crippen LogP) is 19.9. The fourth-order valence-corrected chi connectivity index (χ4v) is 12.8. The average Bonchev–Trinajstić information content (AvgIpc) is 1.70. The number of ketones is 1. The molecule has 0 aliphatic heterocycles. The largest absolute Gasteiger partial charge is 0.569 e. The van der Waals surface area contributed by atoms with Crippen LogP contribution >= 0.6 is 15.9 Å². The number of ether oxygens (including phenoxy) is 1. The molecule has 11 aromatic carbocycles. The molecule has 15 rings (SSSR count). The molecule has 109 heavy (non-hydrogen) atoms. The first-order valence-corrected chi connectivity index (χ1v) is 39.3. The second kappa shape index (κ2) is 35.6. The molecule has 0 saturated carbocycles. The van der Waals surface area contributed by atoms with Gasteiger partial charge in [-0.05, 0) is 178 Å². The van der Waals surface area contributed by atoms with E-state index < -0.39 is 8.32 Å². The summed E-state index contributed by atoms with van der Waals surface area (Å²) in [6.45, 7) is 19.5. The van der Waals surface area contributed by atoms with Gasteiger partial charge in [0.1, 0.15) is 56.6 Å². The second-order valence-electron chi connectivity index (χ2n) is 27.7. The number of halogens is 1. The zero-order valence-corrected chi connectivity index (χ0v) is 64.9. The molecule has 1 atom stereocenters. The summed E-state index contributed by atoms with van der Waals surface area (Å²) >= 11 is 3.26. The molecule has 0 saturated heterocycles. The van der Waals surface area contributed by atoms with Crippen LogP contribution in [0.1, 0.15) is 62.6 Å². The molecule has 8 N–H and O–H groups in total. The molecule has 0 aliphatic rings. The van der Waals surface area contributed by atoms with Gasteiger partial charge in [0.2, 0.25) is 14.2 Å². The molecule has 0 fully saturated rings. The molecule has 4 aromatic heterocycles. The van der Waals surface area contributed by atoms with Crippen LogP contribution in [-0.2, 0) is 22.4 Å². The van der Waals surface area contributed by atoms with Crippen LogP contribution in [0.2, 0.25) is 18.1 Å². The van der Waals surface area contributed by atoms with E-state index in [1.54, 1.807) is 66.3 Å². The average molecular weight is 1530 g/mol. The van der Waals surface area contributed by atoms with Crippen LogP contribution in [0.25, 0.3) is 94.3 Å². The van der Waals surface area contributed by atoms with E-state index in [4.69, 9.17) is 45.3 Å². The van der Waals surface area contributed by atoms with Crippen molar-refractivity contribution >= 4 is 87.3 Å². The van der Waals surface area contributed by atoms with E-state index in [1.165, 1.54) is 16.5 Å². The summed E-state index contributed by atoms with van der Waals surface area (Å²) in [6, 6.07) is 80.3. The highest BCUT2D eigenvalue weighted by Gasteiger charge is 2.39. The van der Waals surface area contributed by atoms with Crippen LogP contribution in [-0.4, -0.2) is 89.1 Å². The third-order valence-corrected chi connectivity index (χ3v) is 23.6. The van der Waals surface area contributed by atoms with Crippen molar-refractivity contribution in [3.8, 4) is 85.2 Å². The van der Waals surface area contributed by atoms with Gasteiger partial charge in [0, 0.05) is 53.5 Å². The van der Waals surface area contributed by atoms with E-state index in [1.807, 2.05) is 153 Å². The minimum atomic E-state index is -1.81. The number of anilines is 2. The lowest BCUT2D eigenvalue weighted by atomic mass is 10.0. The first-order chi connectivity index (χ1) is 52.4. The maximum atomic E-state index is 12.0. The van der Waals surface area contributed by atoms with Crippen LogP contribution in [0.15, 0.2) is 272 Å². The number of nitrogen functional groups attached to an aromatic ring is 2. The van der Waals surface area contributed by atoms with Crippen molar-refractivity contribution in [1.29, 1.82) is 0 Å². The maximum absolute atomic E-state index is 12.0. The number of aromatic hydroxyl groups is 3. The Morgan fingerprint density at radius 1 is 0.532 bits per heavy atom. The maximum Gasteiger partial charge on any atom is 0.569 e. The van der Waals surface area contributed by atoms with Crippen molar-refractivity contribution in [3.05, 3.63) is 300 Å². The molecule has 1 unspecified atom stereocenters. The van der Waals surface area contributed by atoms with Gasteiger partial charge in [-0.25, -0.2) is 29.9 Å². The zero-order valence-electron chi connectivity index (χ0n) is 62.3. The Hall–Kier alpha value is -12.1. The van der Waals surface area contributed by atoms with Gasteiger partial charge >= 0.3 is 7.69 Å². The summed E-state index contributed by atoms with van der Waals surface area (Å²) in [7, 11) is -1.13. The molecule has 0 amide bonds. The van der Waals surface area contributed by atoms with Crippen molar-refractivity contribution in [2.45, 2.75) is 85.5 Å². The normalized spacial score (nSPS) is 11.4. The number of phenolic OH excluding ortho intramolecular Hbond substituents is 2.